The minimum Gasteiger partial charge on any atom is -0.427 e. The number of halogens is 1. The van der Waals surface area contributed by atoms with Crippen LogP contribution in [0.3, 0.4) is 0 Å². The lowest BCUT2D eigenvalue weighted by molar-refractivity contribution is 0.160. The van der Waals surface area contributed by atoms with Gasteiger partial charge >= 0.3 is 0 Å². The molecule has 178 valence electrons. The van der Waals surface area contributed by atoms with E-state index in [-0.39, 0.29) is 5.92 Å². The van der Waals surface area contributed by atoms with E-state index in [1.54, 1.807) is 17.8 Å². The normalized spacial score (nSPS) is 14.2. The van der Waals surface area contributed by atoms with E-state index in [1.165, 1.54) is 35.5 Å². The minimum atomic E-state index is -0.464. The Hall–Kier alpha value is -3.07. The first-order valence-electron chi connectivity index (χ1n) is 11.5. The van der Waals surface area contributed by atoms with Crippen molar-refractivity contribution < 1.29 is 13.6 Å². The number of benzene rings is 1. The van der Waals surface area contributed by atoms with Crippen LogP contribution in [-0.2, 0) is 23.4 Å². The summed E-state index contributed by atoms with van der Waals surface area (Å²) in [6.07, 6.45) is 7.32. The van der Waals surface area contributed by atoms with Gasteiger partial charge in [0.25, 0.3) is 0 Å². The maximum Gasteiger partial charge on any atom is 0.225 e. The Morgan fingerprint density at radius 2 is 2.18 bits per heavy atom. The number of hydrogen-bond donors (Lipinski definition) is 0. The van der Waals surface area contributed by atoms with Crippen molar-refractivity contribution in [1.29, 1.82) is 0 Å². The van der Waals surface area contributed by atoms with Crippen molar-refractivity contribution in [2.45, 2.75) is 58.1 Å². The van der Waals surface area contributed by atoms with E-state index in [0.29, 0.717) is 23.8 Å². The topological polar surface area (TPSA) is 85.8 Å². The van der Waals surface area contributed by atoms with Crippen molar-refractivity contribution in [1.82, 2.24) is 15.2 Å². The van der Waals surface area contributed by atoms with Gasteiger partial charge in [-0.2, -0.15) is 0 Å². The average Bonchev–Trinajstić information content (AvgIpc) is 3.37. The highest BCUT2D eigenvalue weighted by Gasteiger charge is 2.22. The largest absolute Gasteiger partial charge is 0.427 e. The van der Waals surface area contributed by atoms with E-state index < -0.39 is 5.82 Å². The zero-order valence-electron chi connectivity index (χ0n) is 19.6. The van der Waals surface area contributed by atoms with Crippen LogP contribution < -0.4 is 0 Å². The first-order valence-corrected chi connectivity index (χ1v) is 12.5. The van der Waals surface area contributed by atoms with Crippen LogP contribution in [0.5, 0.6) is 0 Å². The molecule has 3 aromatic rings. The highest BCUT2D eigenvalue weighted by molar-refractivity contribution is 8.13. The molecule has 1 aliphatic heterocycles. The molecule has 0 N–H and O–H groups in total. The summed E-state index contributed by atoms with van der Waals surface area (Å²) in [4.78, 5) is 14.1. The second-order valence-corrected chi connectivity index (χ2v) is 9.21. The SMILES string of the molecule is CCO/N=C/c1cc(C(CCCc2cc(CC)c3c(c2)CSC(C)=N3)c2nnco2)ncc1F. The summed E-state index contributed by atoms with van der Waals surface area (Å²) >= 11 is 1.79. The second-order valence-electron chi connectivity index (χ2n) is 8.04. The third kappa shape index (κ3) is 5.70. The third-order valence-electron chi connectivity index (χ3n) is 5.71. The standard InChI is InChI=1S/C25H28FN5O2S/c1-4-18-9-17(10-20-14-34-16(3)30-24(18)20)7-6-8-21(25-31-28-15-32-25)23-11-19(12-29-33-5-2)22(26)13-27-23/h9-13,15,21H,4-8,14H2,1-3H3/b29-12+. The van der Waals surface area contributed by atoms with Crippen LogP contribution in [0, 0.1) is 5.82 Å². The Morgan fingerprint density at radius 1 is 1.29 bits per heavy atom. The van der Waals surface area contributed by atoms with Gasteiger partial charge < -0.3 is 9.25 Å². The average molecular weight is 482 g/mol. The summed E-state index contributed by atoms with van der Waals surface area (Å²) in [5, 5.41) is 12.9. The molecular formula is C25H28FN5O2S. The van der Waals surface area contributed by atoms with Gasteiger partial charge in [-0.15, -0.1) is 22.0 Å². The van der Waals surface area contributed by atoms with Crippen molar-refractivity contribution in [2.24, 2.45) is 10.1 Å². The molecule has 1 aromatic carbocycles. The quantitative estimate of drug-likeness (QED) is 0.261. The van der Waals surface area contributed by atoms with Crippen LogP contribution in [0.4, 0.5) is 10.1 Å². The van der Waals surface area contributed by atoms with Gasteiger partial charge in [-0.25, -0.2) is 9.38 Å². The fourth-order valence-electron chi connectivity index (χ4n) is 4.04. The Kier molecular flexibility index (Phi) is 8.05. The van der Waals surface area contributed by atoms with E-state index in [0.717, 1.165) is 42.2 Å². The van der Waals surface area contributed by atoms with Crippen molar-refractivity contribution in [2.75, 3.05) is 6.61 Å². The van der Waals surface area contributed by atoms with Crippen molar-refractivity contribution >= 4 is 28.7 Å². The van der Waals surface area contributed by atoms with E-state index >= 15 is 0 Å². The lowest BCUT2D eigenvalue weighted by Gasteiger charge is -2.18. The van der Waals surface area contributed by atoms with Gasteiger partial charge in [-0.3, -0.25) is 4.98 Å². The molecule has 0 amide bonds. The molecule has 34 heavy (non-hydrogen) atoms. The fraction of sp³-hybridized carbons (Fsp3) is 0.400. The molecule has 0 saturated carbocycles. The highest BCUT2D eigenvalue weighted by atomic mass is 32.2. The number of hydrogen-bond acceptors (Lipinski definition) is 8. The number of fused-ring (bicyclic) bond motifs is 1. The lowest BCUT2D eigenvalue weighted by Crippen LogP contribution is -2.07. The smallest absolute Gasteiger partial charge is 0.225 e. The highest BCUT2D eigenvalue weighted by Crippen LogP contribution is 2.36. The van der Waals surface area contributed by atoms with Gasteiger partial charge in [-0.05, 0) is 62.3 Å². The Morgan fingerprint density at radius 3 is 2.94 bits per heavy atom. The van der Waals surface area contributed by atoms with E-state index in [4.69, 9.17) is 14.2 Å². The Balaban J connectivity index is 1.52. The van der Waals surface area contributed by atoms with Crippen molar-refractivity contribution in [3.8, 4) is 0 Å². The molecule has 0 fully saturated rings. The summed E-state index contributed by atoms with van der Waals surface area (Å²) in [6.45, 7) is 6.46. The van der Waals surface area contributed by atoms with Gasteiger partial charge in [0, 0.05) is 11.3 Å². The molecule has 0 spiro atoms. The summed E-state index contributed by atoms with van der Waals surface area (Å²) < 4.78 is 19.7. The van der Waals surface area contributed by atoms with Crippen LogP contribution in [0.15, 0.2) is 45.4 Å². The number of nitrogens with zero attached hydrogens (tertiary/aromatic N) is 5. The summed E-state index contributed by atoms with van der Waals surface area (Å²) in [6, 6.07) is 6.21. The number of aromatic nitrogens is 3. The molecular weight excluding hydrogens is 453 g/mol. The number of oxime groups is 1. The second kappa shape index (κ2) is 11.4. The summed E-state index contributed by atoms with van der Waals surface area (Å²) in [7, 11) is 0. The number of rotatable bonds is 10. The molecule has 9 heteroatoms. The zero-order valence-corrected chi connectivity index (χ0v) is 20.4. The number of pyridine rings is 1. The predicted molar refractivity (Wildman–Crippen MR) is 132 cm³/mol. The van der Waals surface area contributed by atoms with Gasteiger partial charge in [0.2, 0.25) is 12.3 Å². The molecule has 1 aliphatic rings. The van der Waals surface area contributed by atoms with Crippen molar-refractivity contribution in [3.63, 3.8) is 0 Å². The summed E-state index contributed by atoms with van der Waals surface area (Å²) in [5.41, 5.74) is 5.99. The molecule has 1 atom stereocenters. The van der Waals surface area contributed by atoms with Crippen LogP contribution in [-0.4, -0.2) is 33.0 Å². The summed E-state index contributed by atoms with van der Waals surface area (Å²) in [5.74, 6) is 0.719. The Bertz CT molecular complexity index is 1180. The zero-order chi connectivity index (χ0) is 23.9. The molecule has 3 heterocycles. The van der Waals surface area contributed by atoms with E-state index in [9.17, 15) is 4.39 Å². The lowest BCUT2D eigenvalue weighted by atomic mass is 9.93. The van der Waals surface area contributed by atoms with Gasteiger partial charge in [0.1, 0.15) is 12.4 Å². The van der Waals surface area contributed by atoms with Crippen LogP contribution >= 0.6 is 11.8 Å². The molecule has 1 unspecified atom stereocenters. The molecule has 0 saturated heterocycles. The molecule has 0 bridgehead atoms. The van der Waals surface area contributed by atoms with Gasteiger partial charge in [-0.1, -0.05) is 24.2 Å². The Labute approximate surface area is 202 Å². The first kappa shape index (κ1) is 24.1. The van der Waals surface area contributed by atoms with E-state index in [1.807, 2.05) is 6.92 Å². The van der Waals surface area contributed by atoms with E-state index in [2.05, 4.69) is 46.3 Å². The molecule has 4 rings (SSSR count). The molecule has 7 nitrogen and oxygen atoms in total. The number of aliphatic imine (C=N–C) groups is 1. The van der Waals surface area contributed by atoms with Crippen LogP contribution in [0.2, 0.25) is 0 Å². The molecule has 0 aliphatic carbocycles. The number of thioether (sulfide) groups is 1. The molecule has 0 radical (unpaired) electrons. The van der Waals surface area contributed by atoms with Gasteiger partial charge in [0.05, 0.1) is 34.8 Å². The fourth-order valence-corrected chi connectivity index (χ4v) is 4.78. The predicted octanol–water partition coefficient (Wildman–Crippen LogP) is 5.99. The monoisotopic (exact) mass is 481 g/mol. The first-order chi connectivity index (χ1) is 16.6. The van der Waals surface area contributed by atoms with Crippen molar-refractivity contribution in [3.05, 3.63) is 70.4 Å². The third-order valence-corrected chi connectivity index (χ3v) is 6.67. The maximum atomic E-state index is 14.2. The van der Waals surface area contributed by atoms with Crippen LogP contribution in [0.25, 0.3) is 0 Å². The molecule has 2 aromatic heterocycles. The minimum absolute atomic E-state index is 0.242. The van der Waals surface area contributed by atoms with Crippen LogP contribution in [0.1, 0.15) is 73.4 Å². The number of aryl methyl sites for hydroxylation is 2. The maximum absolute atomic E-state index is 14.2. The van der Waals surface area contributed by atoms with Gasteiger partial charge in [0.15, 0.2) is 0 Å².